The maximum Gasteiger partial charge on any atom is 0.326 e. The zero-order chi connectivity index (χ0) is 23.2. The third kappa shape index (κ3) is 5.93. The molecule has 1 fully saturated rings. The van der Waals surface area contributed by atoms with Crippen LogP contribution in [0.1, 0.15) is 37.7 Å². The van der Waals surface area contributed by atoms with Crippen LogP contribution in [0.25, 0.3) is 0 Å². The molecule has 1 aliphatic heterocycles. The van der Waals surface area contributed by atoms with Crippen LogP contribution in [0.5, 0.6) is 0 Å². The van der Waals surface area contributed by atoms with Crippen LogP contribution in [-0.4, -0.2) is 47.6 Å². The number of halogens is 1. The van der Waals surface area contributed by atoms with Gasteiger partial charge in [-0.3, -0.25) is 19.3 Å². The van der Waals surface area contributed by atoms with Crippen molar-refractivity contribution in [2.45, 2.75) is 49.6 Å². The van der Waals surface area contributed by atoms with Crippen molar-refractivity contribution >= 4 is 35.2 Å². The number of rotatable bonds is 7. The topological polar surface area (TPSA) is 66.9 Å². The molecular formula is C25H27FN2O4S. The Kier molecular flexibility index (Phi) is 7.65. The molecule has 0 atom stereocenters. The Morgan fingerprint density at radius 2 is 1.79 bits per heavy atom. The van der Waals surface area contributed by atoms with Gasteiger partial charge in [-0.15, -0.1) is 11.8 Å². The van der Waals surface area contributed by atoms with E-state index in [1.807, 2.05) is 18.2 Å². The van der Waals surface area contributed by atoms with Gasteiger partial charge in [-0.05, 0) is 42.7 Å². The number of hydrogen-bond acceptors (Lipinski definition) is 5. The largest absolute Gasteiger partial charge is 0.454 e. The highest BCUT2D eigenvalue weighted by Crippen LogP contribution is 2.34. The van der Waals surface area contributed by atoms with Gasteiger partial charge in [0.1, 0.15) is 12.4 Å². The van der Waals surface area contributed by atoms with Gasteiger partial charge in [0.05, 0.1) is 11.4 Å². The lowest BCUT2D eigenvalue weighted by atomic mass is 9.93. The van der Waals surface area contributed by atoms with Crippen molar-refractivity contribution in [2.24, 2.45) is 0 Å². The second-order valence-corrected chi connectivity index (χ2v) is 9.35. The smallest absolute Gasteiger partial charge is 0.326 e. The predicted molar refractivity (Wildman–Crippen MR) is 124 cm³/mol. The Morgan fingerprint density at radius 1 is 1.06 bits per heavy atom. The minimum Gasteiger partial charge on any atom is -0.454 e. The van der Waals surface area contributed by atoms with E-state index in [0.717, 1.165) is 42.6 Å². The Labute approximate surface area is 197 Å². The molecule has 1 saturated carbocycles. The molecule has 2 aliphatic rings. The maximum absolute atomic E-state index is 13.3. The molecular weight excluding hydrogens is 443 g/mol. The fourth-order valence-corrected chi connectivity index (χ4v) is 5.26. The molecule has 2 aromatic rings. The van der Waals surface area contributed by atoms with E-state index in [9.17, 15) is 18.8 Å². The van der Waals surface area contributed by atoms with Crippen LogP contribution in [-0.2, 0) is 25.7 Å². The second-order valence-electron chi connectivity index (χ2n) is 8.34. The van der Waals surface area contributed by atoms with E-state index >= 15 is 0 Å². The molecule has 0 radical (unpaired) electrons. The van der Waals surface area contributed by atoms with Crippen LogP contribution in [0.4, 0.5) is 10.1 Å². The van der Waals surface area contributed by atoms with Crippen LogP contribution in [0.2, 0.25) is 0 Å². The van der Waals surface area contributed by atoms with Gasteiger partial charge < -0.3 is 9.64 Å². The van der Waals surface area contributed by atoms with E-state index in [-0.39, 0.29) is 42.6 Å². The van der Waals surface area contributed by atoms with Crippen LogP contribution >= 0.6 is 11.8 Å². The van der Waals surface area contributed by atoms with Crippen molar-refractivity contribution in [1.82, 2.24) is 4.90 Å². The van der Waals surface area contributed by atoms with E-state index in [4.69, 9.17) is 4.74 Å². The van der Waals surface area contributed by atoms with Crippen molar-refractivity contribution in [3.63, 3.8) is 0 Å². The standard InChI is InChI=1S/C25H27FN2O4S/c26-19-12-10-18(11-13-19)14-27(20-6-2-1-3-7-20)23(29)16-32-25(31)15-28-21-8-4-5-9-22(21)33-17-24(28)30/h4-5,8-13,20H,1-3,6-7,14-17H2. The van der Waals surface area contributed by atoms with Crippen LogP contribution in [0, 0.1) is 5.82 Å². The number of para-hydroxylation sites is 1. The van der Waals surface area contributed by atoms with Crippen molar-refractivity contribution in [2.75, 3.05) is 23.8 Å². The van der Waals surface area contributed by atoms with Crippen molar-refractivity contribution < 1.29 is 23.5 Å². The van der Waals surface area contributed by atoms with Gasteiger partial charge in [-0.25, -0.2) is 4.39 Å². The number of hydrogen-bond donors (Lipinski definition) is 0. The number of carbonyl (C=O) groups is 3. The van der Waals surface area contributed by atoms with Gasteiger partial charge in [-0.2, -0.15) is 0 Å². The van der Waals surface area contributed by atoms with Crippen molar-refractivity contribution in [3.05, 3.63) is 59.9 Å². The number of carbonyl (C=O) groups excluding carboxylic acids is 3. The normalized spacial score (nSPS) is 16.3. The van der Waals surface area contributed by atoms with Crippen LogP contribution < -0.4 is 4.90 Å². The number of thioether (sulfide) groups is 1. The summed E-state index contributed by atoms with van der Waals surface area (Å²) < 4.78 is 18.6. The molecule has 0 unspecified atom stereocenters. The van der Waals surface area contributed by atoms with E-state index < -0.39 is 5.97 Å². The van der Waals surface area contributed by atoms with Crippen LogP contribution in [0.3, 0.4) is 0 Å². The minimum atomic E-state index is -0.622. The highest BCUT2D eigenvalue weighted by Gasteiger charge is 2.29. The molecule has 2 amide bonds. The average Bonchev–Trinajstić information content (AvgIpc) is 2.84. The Bertz CT molecular complexity index is 1010. The van der Waals surface area contributed by atoms with Gasteiger partial charge >= 0.3 is 5.97 Å². The van der Waals surface area contributed by atoms with E-state index in [1.165, 1.54) is 28.8 Å². The molecule has 0 saturated heterocycles. The molecule has 8 heteroatoms. The summed E-state index contributed by atoms with van der Waals surface area (Å²) in [6.07, 6.45) is 5.04. The monoisotopic (exact) mass is 470 g/mol. The third-order valence-corrected chi connectivity index (χ3v) is 7.10. The van der Waals surface area contributed by atoms with Crippen LogP contribution in [0.15, 0.2) is 53.4 Å². The summed E-state index contributed by atoms with van der Waals surface area (Å²) >= 11 is 1.44. The zero-order valence-corrected chi connectivity index (χ0v) is 19.2. The zero-order valence-electron chi connectivity index (χ0n) is 18.4. The number of ether oxygens (including phenoxy) is 1. The van der Waals surface area contributed by atoms with Crippen molar-refractivity contribution in [3.8, 4) is 0 Å². The molecule has 6 nitrogen and oxygen atoms in total. The molecule has 0 N–H and O–H groups in total. The van der Waals surface area contributed by atoms with Gasteiger partial charge in [-0.1, -0.05) is 43.5 Å². The summed E-state index contributed by atoms with van der Waals surface area (Å²) in [4.78, 5) is 42.1. The summed E-state index contributed by atoms with van der Waals surface area (Å²) in [5.41, 5.74) is 1.51. The number of amides is 2. The average molecular weight is 471 g/mol. The fraction of sp³-hybridized carbons (Fsp3) is 0.400. The summed E-state index contributed by atoms with van der Waals surface area (Å²) in [5, 5.41) is 0. The summed E-state index contributed by atoms with van der Waals surface area (Å²) in [5.74, 6) is -1.13. The Hall–Kier alpha value is -2.87. The first kappa shape index (κ1) is 23.3. The first-order valence-electron chi connectivity index (χ1n) is 11.2. The lowest BCUT2D eigenvalue weighted by Crippen LogP contribution is -2.44. The number of nitrogens with zero attached hydrogens (tertiary/aromatic N) is 2. The van der Waals surface area contributed by atoms with E-state index in [2.05, 4.69) is 0 Å². The lowest BCUT2D eigenvalue weighted by Gasteiger charge is -2.34. The first-order chi connectivity index (χ1) is 16.0. The summed E-state index contributed by atoms with van der Waals surface area (Å²) in [6, 6.07) is 13.6. The van der Waals surface area contributed by atoms with E-state index in [0.29, 0.717) is 12.2 Å². The molecule has 2 aromatic carbocycles. The third-order valence-electron chi connectivity index (χ3n) is 6.05. The number of benzene rings is 2. The molecule has 0 aromatic heterocycles. The minimum absolute atomic E-state index is 0.0718. The van der Waals surface area contributed by atoms with Crippen molar-refractivity contribution in [1.29, 1.82) is 0 Å². The highest BCUT2D eigenvalue weighted by atomic mass is 32.2. The molecule has 33 heavy (non-hydrogen) atoms. The number of anilines is 1. The fourth-order valence-electron chi connectivity index (χ4n) is 4.33. The predicted octanol–water partition coefficient (Wildman–Crippen LogP) is 4.17. The maximum atomic E-state index is 13.3. The Balaban J connectivity index is 1.38. The van der Waals surface area contributed by atoms with E-state index in [1.54, 1.807) is 23.1 Å². The first-order valence-corrected chi connectivity index (χ1v) is 12.2. The molecule has 0 spiro atoms. The molecule has 4 rings (SSSR count). The molecule has 1 aliphatic carbocycles. The van der Waals surface area contributed by atoms with Gasteiger partial charge in [0.25, 0.3) is 5.91 Å². The van der Waals surface area contributed by atoms with Gasteiger partial charge in [0.15, 0.2) is 6.61 Å². The number of esters is 1. The number of fused-ring (bicyclic) bond motifs is 1. The molecule has 0 bridgehead atoms. The molecule has 174 valence electrons. The van der Waals surface area contributed by atoms with Gasteiger partial charge in [0, 0.05) is 17.5 Å². The summed E-state index contributed by atoms with van der Waals surface area (Å²) in [6.45, 7) is -0.267. The SMILES string of the molecule is O=C(CN1C(=O)CSc2ccccc21)OCC(=O)N(Cc1ccc(F)cc1)C1CCCCC1. The van der Waals surface area contributed by atoms with Gasteiger partial charge in [0.2, 0.25) is 5.91 Å². The lowest BCUT2D eigenvalue weighted by molar-refractivity contribution is -0.152. The Morgan fingerprint density at radius 3 is 2.55 bits per heavy atom. The summed E-state index contributed by atoms with van der Waals surface area (Å²) in [7, 11) is 0. The quantitative estimate of drug-likeness (QED) is 0.569. The molecule has 1 heterocycles. The second kappa shape index (κ2) is 10.8. The highest BCUT2D eigenvalue weighted by molar-refractivity contribution is 8.00.